The number of carbonyl (C=O) groups excluding carboxylic acids is 1. The molecule has 1 atom stereocenters. The van der Waals surface area contributed by atoms with Gasteiger partial charge in [0, 0.05) is 18.8 Å². The van der Waals surface area contributed by atoms with Gasteiger partial charge in [-0.05, 0) is 18.1 Å². The predicted octanol–water partition coefficient (Wildman–Crippen LogP) is 1.62. The van der Waals surface area contributed by atoms with Crippen molar-refractivity contribution in [2.75, 3.05) is 0 Å². The average Bonchev–Trinajstić information content (AvgIpc) is 2.58. The van der Waals surface area contributed by atoms with Crippen LogP contribution in [0.3, 0.4) is 0 Å². The molecule has 0 aliphatic heterocycles. The summed E-state index contributed by atoms with van der Waals surface area (Å²) in [7, 11) is 0. The number of carboxylic acids is 1. The number of carboxylic acid groups (broad SMARTS) is 1. The largest absolute Gasteiger partial charge is 0.480 e. The maximum absolute atomic E-state index is 11.7. The van der Waals surface area contributed by atoms with E-state index in [0.29, 0.717) is 0 Å². The highest BCUT2D eigenvalue weighted by Gasteiger charge is 2.20. The quantitative estimate of drug-likeness (QED) is 0.804. The number of nitrogens with one attached hydrogen (secondary N) is 1. The van der Waals surface area contributed by atoms with Gasteiger partial charge in [-0.3, -0.25) is 4.79 Å². The SMILES string of the molecule is O=C(NC(CCn1ccccc1=O)C(=O)O)OCc1ccccc1. The maximum Gasteiger partial charge on any atom is 0.408 e. The first-order valence-electron chi connectivity index (χ1n) is 7.42. The number of aryl methyl sites for hydroxylation is 1. The number of alkyl carbamates (subject to hydrolysis) is 1. The highest BCUT2D eigenvalue weighted by molar-refractivity contribution is 5.79. The molecule has 24 heavy (non-hydrogen) atoms. The smallest absolute Gasteiger partial charge is 0.408 e. The Kier molecular flexibility index (Phi) is 6.13. The van der Waals surface area contributed by atoms with Gasteiger partial charge in [0.05, 0.1) is 0 Å². The first kappa shape index (κ1) is 17.3. The van der Waals surface area contributed by atoms with Crippen molar-refractivity contribution < 1.29 is 19.4 Å². The number of ether oxygens (including phenoxy) is 1. The molecule has 0 bridgehead atoms. The fraction of sp³-hybridized carbons (Fsp3) is 0.235. The molecule has 0 saturated heterocycles. The van der Waals surface area contributed by atoms with E-state index in [9.17, 15) is 19.5 Å². The monoisotopic (exact) mass is 330 g/mol. The van der Waals surface area contributed by atoms with Gasteiger partial charge in [0.25, 0.3) is 0 Å². The number of pyridine rings is 1. The van der Waals surface area contributed by atoms with Gasteiger partial charge in [-0.15, -0.1) is 0 Å². The number of amides is 1. The molecule has 7 nitrogen and oxygen atoms in total. The summed E-state index contributed by atoms with van der Waals surface area (Å²) in [5, 5.41) is 11.5. The highest BCUT2D eigenvalue weighted by Crippen LogP contribution is 2.02. The molecule has 1 unspecified atom stereocenters. The first-order chi connectivity index (χ1) is 11.6. The Bertz CT molecular complexity index is 742. The molecule has 0 aliphatic carbocycles. The molecule has 0 spiro atoms. The zero-order valence-electron chi connectivity index (χ0n) is 12.9. The Labute approximate surface area is 138 Å². The molecule has 0 fully saturated rings. The van der Waals surface area contributed by atoms with Crippen LogP contribution in [0.5, 0.6) is 0 Å². The average molecular weight is 330 g/mol. The fourth-order valence-electron chi connectivity index (χ4n) is 2.08. The molecule has 0 saturated carbocycles. The van der Waals surface area contributed by atoms with E-state index in [1.807, 2.05) is 18.2 Å². The Morgan fingerprint density at radius 2 is 1.83 bits per heavy atom. The molecule has 2 rings (SSSR count). The zero-order chi connectivity index (χ0) is 17.4. The molecule has 1 amide bonds. The number of rotatable bonds is 7. The van der Waals surface area contributed by atoms with E-state index in [-0.39, 0.29) is 25.1 Å². The van der Waals surface area contributed by atoms with Crippen molar-refractivity contribution in [1.29, 1.82) is 0 Å². The number of aliphatic carboxylic acids is 1. The molecular weight excluding hydrogens is 312 g/mol. The van der Waals surface area contributed by atoms with Crippen LogP contribution >= 0.6 is 0 Å². The van der Waals surface area contributed by atoms with Gasteiger partial charge in [-0.2, -0.15) is 0 Å². The number of nitrogens with zero attached hydrogens (tertiary/aromatic N) is 1. The lowest BCUT2D eigenvalue weighted by Gasteiger charge is -2.15. The lowest BCUT2D eigenvalue weighted by atomic mass is 10.2. The van der Waals surface area contributed by atoms with Gasteiger partial charge in [0.1, 0.15) is 12.6 Å². The van der Waals surface area contributed by atoms with E-state index in [1.165, 1.54) is 10.6 Å². The summed E-state index contributed by atoms with van der Waals surface area (Å²) in [6.45, 7) is 0.229. The van der Waals surface area contributed by atoms with Crippen molar-refractivity contribution in [1.82, 2.24) is 9.88 Å². The van der Waals surface area contributed by atoms with Gasteiger partial charge in [-0.1, -0.05) is 36.4 Å². The second-order valence-corrected chi connectivity index (χ2v) is 5.12. The van der Waals surface area contributed by atoms with Crippen molar-refractivity contribution >= 4 is 12.1 Å². The lowest BCUT2D eigenvalue weighted by molar-refractivity contribution is -0.139. The van der Waals surface area contributed by atoms with Crippen molar-refractivity contribution in [2.24, 2.45) is 0 Å². The van der Waals surface area contributed by atoms with Crippen LogP contribution in [0.4, 0.5) is 4.79 Å². The minimum Gasteiger partial charge on any atom is -0.480 e. The maximum atomic E-state index is 11.7. The lowest BCUT2D eigenvalue weighted by Crippen LogP contribution is -2.42. The standard InChI is InChI=1S/C17H18N2O5/c20-15-8-4-5-10-19(15)11-9-14(16(21)22)18-17(23)24-12-13-6-2-1-3-7-13/h1-8,10,14H,9,11-12H2,(H,18,23)(H,21,22). The molecule has 2 N–H and O–H groups in total. The van der Waals surface area contributed by atoms with Crippen molar-refractivity contribution in [2.45, 2.75) is 25.6 Å². The number of benzene rings is 1. The van der Waals surface area contributed by atoms with E-state index in [2.05, 4.69) is 5.32 Å². The fourth-order valence-corrected chi connectivity index (χ4v) is 2.08. The van der Waals surface area contributed by atoms with Crippen LogP contribution in [-0.4, -0.2) is 27.8 Å². The van der Waals surface area contributed by atoms with Crippen molar-refractivity contribution in [3.8, 4) is 0 Å². The summed E-state index contributed by atoms with van der Waals surface area (Å²) in [5.41, 5.74) is 0.573. The topological polar surface area (TPSA) is 97.6 Å². The Morgan fingerprint density at radius 1 is 1.12 bits per heavy atom. The summed E-state index contributed by atoms with van der Waals surface area (Å²) in [6.07, 6.45) is 0.820. The Balaban J connectivity index is 1.86. The molecular formula is C17H18N2O5. The van der Waals surface area contributed by atoms with E-state index in [1.54, 1.807) is 30.5 Å². The number of aromatic nitrogens is 1. The normalized spacial score (nSPS) is 11.5. The summed E-state index contributed by atoms with van der Waals surface area (Å²) in [6, 6.07) is 12.6. The van der Waals surface area contributed by atoms with Crippen LogP contribution in [0.2, 0.25) is 0 Å². The van der Waals surface area contributed by atoms with E-state index in [4.69, 9.17) is 4.74 Å². The molecule has 126 valence electrons. The Morgan fingerprint density at radius 3 is 2.50 bits per heavy atom. The van der Waals surface area contributed by atoms with Crippen molar-refractivity contribution in [3.63, 3.8) is 0 Å². The third kappa shape index (κ3) is 5.28. The molecule has 1 aromatic heterocycles. The third-order valence-electron chi connectivity index (χ3n) is 3.36. The van der Waals surface area contributed by atoms with Crippen LogP contribution in [0.15, 0.2) is 59.5 Å². The van der Waals surface area contributed by atoms with Gasteiger partial charge in [0.15, 0.2) is 0 Å². The minimum absolute atomic E-state index is 0.0527. The summed E-state index contributed by atoms with van der Waals surface area (Å²) < 4.78 is 6.38. The number of hydrogen-bond donors (Lipinski definition) is 2. The minimum atomic E-state index is -1.18. The molecule has 0 radical (unpaired) electrons. The van der Waals surface area contributed by atoms with Gasteiger partial charge in [-0.25, -0.2) is 9.59 Å². The van der Waals surface area contributed by atoms with Crippen LogP contribution in [0.25, 0.3) is 0 Å². The second kappa shape index (κ2) is 8.52. The zero-order valence-corrected chi connectivity index (χ0v) is 12.9. The Hall–Kier alpha value is -3.09. The van der Waals surface area contributed by atoms with Crippen LogP contribution < -0.4 is 10.9 Å². The van der Waals surface area contributed by atoms with Crippen LogP contribution in [0, 0.1) is 0 Å². The van der Waals surface area contributed by atoms with Crippen molar-refractivity contribution in [3.05, 3.63) is 70.6 Å². The van der Waals surface area contributed by atoms with Crippen LogP contribution in [-0.2, 0) is 22.7 Å². The van der Waals surface area contributed by atoms with Crippen LogP contribution in [0.1, 0.15) is 12.0 Å². The van der Waals surface area contributed by atoms with E-state index >= 15 is 0 Å². The third-order valence-corrected chi connectivity index (χ3v) is 3.36. The van der Waals surface area contributed by atoms with Gasteiger partial charge < -0.3 is 19.7 Å². The predicted molar refractivity (Wildman–Crippen MR) is 86.5 cm³/mol. The van der Waals surface area contributed by atoms with E-state index in [0.717, 1.165) is 5.56 Å². The van der Waals surface area contributed by atoms with E-state index < -0.39 is 18.1 Å². The molecule has 1 heterocycles. The second-order valence-electron chi connectivity index (χ2n) is 5.12. The first-order valence-corrected chi connectivity index (χ1v) is 7.42. The molecule has 2 aromatic rings. The summed E-state index contributed by atoms with van der Waals surface area (Å²) in [5.74, 6) is -1.18. The summed E-state index contributed by atoms with van der Waals surface area (Å²) >= 11 is 0. The highest BCUT2D eigenvalue weighted by atomic mass is 16.5. The molecule has 1 aromatic carbocycles. The molecule has 7 heteroatoms. The summed E-state index contributed by atoms with van der Waals surface area (Å²) in [4.78, 5) is 34.6. The van der Waals surface area contributed by atoms with Gasteiger partial charge >= 0.3 is 12.1 Å². The van der Waals surface area contributed by atoms with Gasteiger partial charge in [0.2, 0.25) is 5.56 Å². The molecule has 0 aliphatic rings. The number of hydrogen-bond acceptors (Lipinski definition) is 4. The number of carbonyl (C=O) groups is 2.